The number of carbonyl (C=O) groups excluding carboxylic acids is 3. The Morgan fingerprint density at radius 2 is 1.82 bits per heavy atom. The Morgan fingerprint density at radius 1 is 1.06 bits per heavy atom. The van der Waals surface area contributed by atoms with Gasteiger partial charge in [0.25, 0.3) is 5.91 Å². The van der Waals surface area contributed by atoms with Crippen molar-refractivity contribution in [3.63, 3.8) is 0 Å². The molecule has 0 bridgehead atoms. The molecule has 33 heavy (non-hydrogen) atoms. The summed E-state index contributed by atoms with van der Waals surface area (Å²) >= 11 is 0. The number of ether oxygens (including phenoxy) is 3. The van der Waals surface area contributed by atoms with Gasteiger partial charge in [-0.25, -0.2) is 5.01 Å². The monoisotopic (exact) mass is 453 g/mol. The summed E-state index contributed by atoms with van der Waals surface area (Å²) in [6.45, 7) is 1.91. The first kappa shape index (κ1) is 23.8. The molecule has 0 spiro atoms. The number of amides is 2. The smallest absolute Gasteiger partial charge is 0.307 e. The fourth-order valence-corrected chi connectivity index (χ4v) is 3.49. The van der Waals surface area contributed by atoms with E-state index < -0.39 is 17.9 Å². The van der Waals surface area contributed by atoms with E-state index >= 15 is 0 Å². The largest absolute Gasteiger partial charge is 0.493 e. The molecule has 0 saturated heterocycles. The van der Waals surface area contributed by atoms with E-state index in [9.17, 15) is 14.4 Å². The summed E-state index contributed by atoms with van der Waals surface area (Å²) < 4.78 is 15.4. The van der Waals surface area contributed by atoms with Crippen LogP contribution in [0.4, 0.5) is 5.69 Å². The quantitative estimate of drug-likeness (QED) is 0.616. The summed E-state index contributed by atoms with van der Waals surface area (Å²) in [6.07, 6.45) is 0.258. The molecule has 1 heterocycles. The summed E-state index contributed by atoms with van der Waals surface area (Å²) in [5.41, 5.74) is 2.40. The van der Waals surface area contributed by atoms with E-state index in [2.05, 4.69) is 10.4 Å². The van der Waals surface area contributed by atoms with E-state index in [1.54, 1.807) is 24.3 Å². The summed E-state index contributed by atoms with van der Waals surface area (Å²) in [6, 6.07) is 11.8. The maximum absolute atomic E-state index is 13.1. The van der Waals surface area contributed by atoms with Crippen LogP contribution in [0.1, 0.15) is 36.4 Å². The number of anilines is 1. The summed E-state index contributed by atoms with van der Waals surface area (Å²) in [4.78, 5) is 37.6. The molecule has 1 N–H and O–H groups in total. The third kappa shape index (κ3) is 5.68. The number of carbonyl (C=O) groups is 3. The van der Waals surface area contributed by atoms with Gasteiger partial charge in [0.2, 0.25) is 5.91 Å². The van der Waals surface area contributed by atoms with Crippen molar-refractivity contribution in [3.8, 4) is 11.5 Å². The molecular formula is C24H27N3O6. The molecule has 0 radical (unpaired) electrons. The van der Waals surface area contributed by atoms with Crippen LogP contribution in [-0.2, 0) is 19.1 Å². The molecule has 1 aliphatic heterocycles. The van der Waals surface area contributed by atoms with Gasteiger partial charge in [-0.2, -0.15) is 5.10 Å². The number of nitrogens with one attached hydrogen (secondary N) is 1. The topological polar surface area (TPSA) is 107 Å². The predicted molar refractivity (Wildman–Crippen MR) is 122 cm³/mol. The zero-order valence-corrected chi connectivity index (χ0v) is 19.1. The number of aryl methyl sites for hydroxylation is 1. The molecular weight excluding hydrogens is 426 g/mol. The molecule has 2 aromatic carbocycles. The second-order valence-corrected chi connectivity index (χ2v) is 7.51. The van der Waals surface area contributed by atoms with Crippen molar-refractivity contribution in [1.29, 1.82) is 0 Å². The van der Waals surface area contributed by atoms with Crippen molar-refractivity contribution in [2.45, 2.75) is 32.2 Å². The minimum absolute atomic E-state index is 0.0917. The van der Waals surface area contributed by atoms with Crippen LogP contribution >= 0.6 is 0 Å². The molecule has 1 aliphatic rings. The van der Waals surface area contributed by atoms with Gasteiger partial charge in [-0.05, 0) is 42.3 Å². The first-order chi connectivity index (χ1) is 15.9. The molecule has 9 nitrogen and oxygen atoms in total. The highest BCUT2D eigenvalue weighted by Crippen LogP contribution is 2.31. The van der Waals surface area contributed by atoms with Crippen molar-refractivity contribution in [3.05, 3.63) is 53.6 Å². The second kappa shape index (κ2) is 10.6. The van der Waals surface area contributed by atoms with Crippen molar-refractivity contribution in [1.82, 2.24) is 5.32 Å². The summed E-state index contributed by atoms with van der Waals surface area (Å²) in [5.74, 6) is -0.164. The summed E-state index contributed by atoms with van der Waals surface area (Å²) in [5, 5.41) is 8.41. The van der Waals surface area contributed by atoms with Crippen LogP contribution < -0.4 is 19.8 Å². The van der Waals surface area contributed by atoms with Gasteiger partial charge in [0.05, 0.1) is 39.5 Å². The number of rotatable bonds is 8. The molecule has 1 unspecified atom stereocenters. The fraction of sp³-hybridized carbons (Fsp3) is 0.333. The lowest BCUT2D eigenvalue weighted by Crippen LogP contribution is -2.41. The number of hydrazone groups is 1. The average Bonchev–Trinajstić information content (AvgIpc) is 2.83. The van der Waals surface area contributed by atoms with Crippen LogP contribution in [-0.4, -0.2) is 44.8 Å². The number of benzene rings is 2. The van der Waals surface area contributed by atoms with Crippen LogP contribution in [0.15, 0.2) is 47.6 Å². The van der Waals surface area contributed by atoms with E-state index in [0.29, 0.717) is 22.7 Å². The van der Waals surface area contributed by atoms with Gasteiger partial charge >= 0.3 is 5.97 Å². The standard InChI is InChI=1S/C24H27N3O6/c1-15-6-5-7-17(12-15)27-22(28)11-9-18(26-27)24(30)25-19(14-23(29)33-4)16-8-10-20(31-2)21(13-16)32-3/h5-8,10,12-13,19H,9,11,14H2,1-4H3,(H,25,30). The lowest BCUT2D eigenvalue weighted by molar-refractivity contribution is -0.141. The van der Waals surface area contributed by atoms with Crippen molar-refractivity contribution in [2.24, 2.45) is 5.10 Å². The van der Waals surface area contributed by atoms with Gasteiger partial charge in [0.1, 0.15) is 5.71 Å². The van der Waals surface area contributed by atoms with E-state index in [0.717, 1.165) is 5.56 Å². The van der Waals surface area contributed by atoms with E-state index in [1.807, 2.05) is 25.1 Å². The molecule has 2 aromatic rings. The highest BCUT2D eigenvalue weighted by molar-refractivity contribution is 6.40. The molecule has 0 saturated carbocycles. The maximum Gasteiger partial charge on any atom is 0.307 e. The second-order valence-electron chi connectivity index (χ2n) is 7.51. The number of esters is 1. The molecule has 0 fully saturated rings. The number of methoxy groups -OCH3 is 3. The van der Waals surface area contributed by atoms with Gasteiger partial charge in [-0.15, -0.1) is 0 Å². The van der Waals surface area contributed by atoms with E-state index in [1.165, 1.54) is 26.3 Å². The minimum atomic E-state index is -0.697. The van der Waals surface area contributed by atoms with Gasteiger partial charge in [-0.3, -0.25) is 14.4 Å². The first-order valence-electron chi connectivity index (χ1n) is 10.4. The lowest BCUT2D eigenvalue weighted by atomic mass is 10.0. The zero-order chi connectivity index (χ0) is 24.0. The minimum Gasteiger partial charge on any atom is -0.493 e. The Morgan fingerprint density at radius 3 is 2.48 bits per heavy atom. The predicted octanol–water partition coefficient (Wildman–Crippen LogP) is 2.92. The number of nitrogens with zero attached hydrogens (tertiary/aromatic N) is 2. The third-order valence-corrected chi connectivity index (χ3v) is 5.25. The number of hydrogen-bond acceptors (Lipinski definition) is 7. The Hall–Kier alpha value is -3.88. The van der Waals surface area contributed by atoms with Crippen LogP contribution in [0.5, 0.6) is 11.5 Å². The third-order valence-electron chi connectivity index (χ3n) is 5.25. The van der Waals surface area contributed by atoms with Gasteiger partial charge < -0.3 is 19.5 Å². The Labute approximate surface area is 192 Å². The zero-order valence-electron chi connectivity index (χ0n) is 19.1. The fourth-order valence-electron chi connectivity index (χ4n) is 3.49. The van der Waals surface area contributed by atoms with Crippen molar-refractivity contribution >= 4 is 29.2 Å². The van der Waals surface area contributed by atoms with E-state index in [4.69, 9.17) is 14.2 Å². The van der Waals surface area contributed by atoms with Gasteiger partial charge in [0, 0.05) is 12.8 Å². The number of hydrogen-bond donors (Lipinski definition) is 1. The average molecular weight is 453 g/mol. The molecule has 2 amide bonds. The highest BCUT2D eigenvalue weighted by Gasteiger charge is 2.28. The molecule has 9 heteroatoms. The Balaban J connectivity index is 1.88. The van der Waals surface area contributed by atoms with Crippen LogP contribution in [0, 0.1) is 6.92 Å². The molecule has 174 valence electrons. The Kier molecular flexibility index (Phi) is 7.66. The van der Waals surface area contributed by atoms with Crippen LogP contribution in [0.2, 0.25) is 0 Å². The van der Waals surface area contributed by atoms with Crippen molar-refractivity contribution in [2.75, 3.05) is 26.3 Å². The van der Waals surface area contributed by atoms with Crippen molar-refractivity contribution < 1.29 is 28.6 Å². The molecule has 1 atom stereocenters. The molecule has 3 rings (SSSR count). The SMILES string of the molecule is COC(=O)CC(NC(=O)C1=NN(c2cccc(C)c2)C(=O)CC1)c1ccc(OC)c(OC)c1. The van der Waals surface area contributed by atoms with E-state index in [-0.39, 0.29) is 30.9 Å². The molecule has 0 aromatic heterocycles. The van der Waals surface area contributed by atoms with Gasteiger partial charge in [-0.1, -0.05) is 18.2 Å². The maximum atomic E-state index is 13.1. The lowest BCUT2D eigenvalue weighted by Gasteiger charge is -2.25. The van der Waals surface area contributed by atoms with Gasteiger partial charge in [0.15, 0.2) is 11.5 Å². The summed E-state index contributed by atoms with van der Waals surface area (Å²) in [7, 11) is 4.31. The van der Waals surface area contributed by atoms with Crippen LogP contribution in [0.3, 0.4) is 0 Å². The highest BCUT2D eigenvalue weighted by atomic mass is 16.5. The first-order valence-corrected chi connectivity index (χ1v) is 10.4. The Bertz CT molecular complexity index is 1080. The normalized spacial score (nSPS) is 14.2. The molecule has 0 aliphatic carbocycles. The van der Waals surface area contributed by atoms with Crippen LogP contribution in [0.25, 0.3) is 0 Å².